The van der Waals surface area contributed by atoms with Crippen molar-refractivity contribution in [1.82, 2.24) is 0 Å². The Morgan fingerprint density at radius 2 is 1.70 bits per heavy atom. The molecule has 0 spiro atoms. The summed E-state index contributed by atoms with van der Waals surface area (Å²) < 4.78 is 17.4. The Kier molecular flexibility index (Phi) is 5.68. The zero-order valence-corrected chi connectivity index (χ0v) is 17.6. The molecule has 1 heterocycles. The maximum atomic E-state index is 12.6. The summed E-state index contributed by atoms with van der Waals surface area (Å²) in [6.45, 7) is 2.43. The van der Waals surface area contributed by atoms with Gasteiger partial charge in [0.15, 0.2) is 5.76 Å². The molecular weight excluding hydrogens is 448 g/mol. The third-order valence-corrected chi connectivity index (χ3v) is 4.95. The fourth-order valence-electron chi connectivity index (χ4n) is 2.96. The van der Waals surface area contributed by atoms with Gasteiger partial charge in [-0.3, -0.25) is 4.79 Å². The summed E-state index contributed by atoms with van der Waals surface area (Å²) in [4.78, 5) is 24.8. The topological polar surface area (TPSA) is 61.8 Å². The van der Waals surface area contributed by atoms with E-state index in [0.717, 1.165) is 10.0 Å². The first kappa shape index (κ1) is 19.9. The first-order valence-corrected chi connectivity index (χ1v) is 10.1. The highest BCUT2D eigenvalue weighted by Crippen LogP contribution is 2.35. The van der Waals surface area contributed by atoms with Gasteiger partial charge in [0.1, 0.15) is 17.2 Å². The normalized spacial score (nSPS) is 13.7. The number of hydrogen-bond acceptors (Lipinski definition) is 5. The van der Waals surface area contributed by atoms with Gasteiger partial charge in [0.05, 0.1) is 17.7 Å². The molecule has 0 saturated heterocycles. The maximum absolute atomic E-state index is 12.6. The fraction of sp³-hybridized carbons (Fsp3) is 0.0833. The van der Waals surface area contributed by atoms with Gasteiger partial charge in [0, 0.05) is 10.5 Å². The van der Waals surface area contributed by atoms with E-state index in [1.165, 1.54) is 0 Å². The average Bonchev–Trinajstić information content (AvgIpc) is 3.05. The molecule has 0 aromatic heterocycles. The van der Waals surface area contributed by atoms with Crippen LogP contribution in [0.15, 0.2) is 77.0 Å². The molecule has 1 aliphatic heterocycles. The van der Waals surface area contributed by atoms with E-state index < -0.39 is 5.97 Å². The second-order valence-electron chi connectivity index (χ2n) is 6.50. The van der Waals surface area contributed by atoms with Crippen LogP contribution >= 0.6 is 15.9 Å². The Morgan fingerprint density at radius 1 is 1.00 bits per heavy atom. The zero-order chi connectivity index (χ0) is 21.1. The number of Topliss-reactive ketones (excluding diaryl/α,β-unsaturated/α-hetero) is 1. The van der Waals surface area contributed by atoms with Gasteiger partial charge in [-0.25, -0.2) is 4.79 Å². The second kappa shape index (κ2) is 8.55. The molecule has 3 aromatic carbocycles. The van der Waals surface area contributed by atoms with Gasteiger partial charge in [0.2, 0.25) is 5.78 Å². The molecule has 0 radical (unpaired) electrons. The predicted octanol–water partition coefficient (Wildman–Crippen LogP) is 5.68. The Balaban J connectivity index is 1.46. The first-order valence-electron chi connectivity index (χ1n) is 9.32. The summed E-state index contributed by atoms with van der Waals surface area (Å²) in [7, 11) is 0. The molecule has 150 valence electrons. The molecular formula is C24H17BrO5. The molecule has 0 N–H and O–H groups in total. The van der Waals surface area contributed by atoms with Crippen molar-refractivity contribution in [3.05, 3.63) is 93.7 Å². The smallest absolute Gasteiger partial charge is 0.343 e. The lowest BCUT2D eigenvalue weighted by atomic mass is 10.1. The highest BCUT2D eigenvalue weighted by atomic mass is 79.9. The van der Waals surface area contributed by atoms with E-state index in [4.69, 9.17) is 14.2 Å². The highest BCUT2D eigenvalue weighted by Gasteiger charge is 2.27. The van der Waals surface area contributed by atoms with Crippen LogP contribution in [0.25, 0.3) is 6.08 Å². The van der Waals surface area contributed by atoms with E-state index in [1.54, 1.807) is 72.8 Å². The Morgan fingerprint density at radius 3 is 2.40 bits per heavy atom. The molecule has 0 amide bonds. The van der Waals surface area contributed by atoms with Crippen LogP contribution in [0.5, 0.6) is 17.2 Å². The Hall–Kier alpha value is -3.38. The third kappa shape index (κ3) is 4.28. The second-order valence-corrected chi connectivity index (χ2v) is 7.41. The number of fused-ring (bicyclic) bond motifs is 1. The van der Waals surface area contributed by atoms with Crippen LogP contribution in [0.1, 0.15) is 33.2 Å². The van der Waals surface area contributed by atoms with E-state index >= 15 is 0 Å². The summed E-state index contributed by atoms with van der Waals surface area (Å²) in [5.74, 6) is 1.16. The van der Waals surface area contributed by atoms with Crippen LogP contribution in [0.4, 0.5) is 0 Å². The number of carbonyl (C=O) groups excluding carboxylic acids is 2. The first-order chi connectivity index (χ1) is 14.5. The Bertz CT molecular complexity index is 1130. The molecule has 4 rings (SSSR count). The van der Waals surface area contributed by atoms with E-state index in [-0.39, 0.29) is 11.5 Å². The lowest BCUT2D eigenvalue weighted by Gasteiger charge is -2.05. The summed E-state index contributed by atoms with van der Waals surface area (Å²) >= 11 is 3.33. The minimum atomic E-state index is -0.441. The van der Waals surface area contributed by atoms with E-state index in [9.17, 15) is 9.59 Å². The van der Waals surface area contributed by atoms with Crippen LogP contribution in [0.3, 0.4) is 0 Å². The van der Waals surface area contributed by atoms with Crippen LogP contribution in [0, 0.1) is 0 Å². The van der Waals surface area contributed by atoms with E-state index in [1.807, 2.05) is 6.92 Å². The van der Waals surface area contributed by atoms with Crippen molar-refractivity contribution in [2.75, 3.05) is 6.61 Å². The van der Waals surface area contributed by atoms with Crippen molar-refractivity contribution >= 4 is 33.8 Å². The number of carbonyl (C=O) groups is 2. The molecule has 5 nitrogen and oxygen atoms in total. The van der Waals surface area contributed by atoms with Gasteiger partial charge in [-0.1, -0.05) is 28.1 Å². The molecule has 0 bridgehead atoms. The zero-order valence-electron chi connectivity index (χ0n) is 16.1. The molecule has 0 unspecified atom stereocenters. The van der Waals surface area contributed by atoms with Gasteiger partial charge in [-0.2, -0.15) is 0 Å². The summed E-state index contributed by atoms with van der Waals surface area (Å²) in [5, 5.41) is 0. The van der Waals surface area contributed by atoms with Crippen molar-refractivity contribution < 1.29 is 23.8 Å². The van der Waals surface area contributed by atoms with E-state index in [0.29, 0.717) is 35.0 Å². The summed E-state index contributed by atoms with van der Waals surface area (Å²) in [6.07, 6.45) is 1.66. The molecule has 3 aromatic rings. The molecule has 30 heavy (non-hydrogen) atoms. The number of ketones is 1. The molecule has 6 heteroatoms. The van der Waals surface area contributed by atoms with Gasteiger partial charge < -0.3 is 14.2 Å². The van der Waals surface area contributed by atoms with Crippen LogP contribution in [-0.2, 0) is 0 Å². The van der Waals surface area contributed by atoms with Crippen LogP contribution in [-0.4, -0.2) is 18.4 Å². The maximum Gasteiger partial charge on any atom is 0.343 e. The highest BCUT2D eigenvalue weighted by molar-refractivity contribution is 9.10. The SMILES string of the molecule is CCOc1ccc2c(c1)O/C(=C\c1ccc(OC(=O)c3ccc(Br)cc3)cc1)C2=O. The largest absolute Gasteiger partial charge is 0.494 e. The van der Waals surface area contributed by atoms with Gasteiger partial charge >= 0.3 is 5.97 Å². The number of ether oxygens (including phenoxy) is 3. The average molecular weight is 465 g/mol. The van der Waals surface area contributed by atoms with Gasteiger partial charge in [-0.15, -0.1) is 0 Å². The monoisotopic (exact) mass is 464 g/mol. The van der Waals surface area contributed by atoms with Crippen molar-refractivity contribution in [3.8, 4) is 17.2 Å². The molecule has 0 fully saturated rings. The lowest BCUT2D eigenvalue weighted by molar-refractivity contribution is 0.0734. The standard InChI is InChI=1S/C24H17BrO5/c1-2-28-19-11-12-20-21(14-19)30-22(23(20)26)13-15-3-9-18(10-4-15)29-24(27)16-5-7-17(25)8-6-16/h3-14H,2H2,1H3/b22-13-. The molecule has 0 saturated carbocycles. The molecule has 0 atom stereocenters. The minimum absolute atomic E-state index is 0.182. The molecule has 0 aliphatic carbocycles. The van der Waals surface area contributed by atoms with Crippen molar-refractivity contribution in [2.24, 2.45) is 0 Å². The Labute approximate surface area is 182 Å². The number of hydrogen-bond donors (Lipinski definition) is 0. The van der Waals surface area contributed by atoms with Gasteiger partial charge in [0.25, 0.3) is 0 Å². The van der Waals surface area contributed by atoms with E-state index in [2.05, 4.69) is 15.9 Å². The van der Waals surface area contributed by atoms with Crippen LogP contribution in [0.2, 0.25) is 0 Å². The minimum Gasteiger partial charge on any atom is -0.494 e. The van der Waals surface area contributed by atoms with Gasteiger partial charge in [-0.05, 0) is 67.1 Å². The number of rotatable bonds is 5. The third-order valence-electron chi connectivity index (χ3n) is 4.42. The van der Waals surface area contributed by atoms with Crippen molar-refractivity contribution in [3.63, 3.8) is 0 Å². The predicted molar refractivity (Wildman–Crippen MR) is 116 cm³/mol. The van der Waals surface area contributed by atoms with Crippen molar-refractivity contribution in [2.45, 2.75) is 6.92 Å². The lowest BCUT2D eigenvalue weighted by Crippen LogP contribution is -2.08. The number of esters is 1. The quantitative estimate of drug-likeness (QED) is 0.276. The van der Waals surface area contributed by atoms with Crippen LogP contribution < -0.4 is 14.2 Å². The van der Waals surface area contributed by atoms with Crippen molar-refractivity contribution in [1.29, 1.82) is 0 Å². The number of halogens is 1. The summed E-state index contributed by atoms with van der Waals surface area (Å²) in [6, 6.07) is 18.9. The summed E-state index contributed by atoms with van der Waals surface area (Å²) in [5.41, 5.74) is 1.71. The fourth-order valence-corrected chi connectivity index (χ4v) is 3.22. The number of allylic oxidation sites excluding steroid dienone is 1. The number of benzene rings is 3. The molecule has 1 aliphatic rings.